The van der Waals surface area contributed by atoms with Gasteiger partial charge in [0.15, 0.2) is 0 Å². The van der Waals surface area contributed by atoms with Crippen LogP contribution in [0.2, 0.25) is 0 Å². The number of carbonyl (C=O) groups excluding carboxylic acids is 1. The van der Waals surface area contributed by atoms with Crippen LogP contribution in [-0.2, 0) is 16.1 Å². The predicted molar refractivity (Wildman–Crippen MR) is 86.7 cm³/mol. The molecule has 128 valence electrons. The molecule has 2 fully saturated rings. The first-order chi connectivity index (χ1) is 11.2. The van der Waals surface area contributed by atoms with Crippen molar-refractivity contribution in [3.8, 4) is 0 Å². The number of hydrogen-bond acceptors (Lipinski definition) is 5. The Morgan fingerprint density at radius 2 is 2.26 bits per heavy atom. The molecule has 1 saturated heterocycles. The van der Waals surface area contributed by atoms with Crippen LogP contribution in [0.1, 0.15) is 37.9 Å². The van der Waals surface area contributed by atoms with Crippen molar-refractivity contribution in [2.45, 2.75) is 50.3 Å². The molecule has 6 nitrogen and oxygen atoms in total. The van der Waals surface area contributed by atoms with E-state index < -0.39 is 5.54 Å². The minimum atomic E-state index is -0.640. The molecular formula is C17H27N3O3. The Hall–Kier alpha value is -1.37. The standard InChI is InChI=1S/C17H27N3O3/c18-17(6-1-2-7-17)16(21)19-8-5-15-13-20(9-11-23-15)12-14-4-3-10-22-14/h3-4,10,15H,1-2,5-9,11-13,18H2,(H,19,21)/t15-/m0/s1. The summed E-state index contributed by atoms with van der Waals surface area (Å²) in [5, 5.41) is 2.99. The van der Waals surface area contributed by atoms with Gasteiger partial charge < -0.3 is 20.2 Å². The molecule has 1 amide bonds. The lowest BCUT2D eigenvalue weighted by Crippen LogP contribution is -2.52. The van der Waals surface area contributed by atoms with Crippen molar-refractivity contribution in [3.05, 3.63) is 24.2 Å². The molecule has 23 heavy (non-hydrogen) atoms. The summed E-state index contributed by atoms with van der Waals surface area (Å²) >= 11 is 0. The van der Waals surface area contributed by atoms with Crippen LogP contribution in [0.3, 0.4) is 0 Å². The zero-order chi connectivity index (χ0) is 16.1. The lowest BCUT2D eigenvalue weighted by molar-refractivity contribution is -0.126. The maximum absolute atomic E-state index is 12.2. The van der Waals surface area contributed by atoms with Crippen molar-refractivity contribution < 1.29 is 13.9 Å². The number of furan rings is 1. The summed E-state index contributed by atoms with van der Waals surface area (Å²) in [6, 6.07) is 3.90. The summed E-state index contributed by atoms with van der Waals surface area (Å²) in [4.78, 5) is 14.5. The summed E-state index contributed by atoms with van der Waals surface area (Å²) in [5.41, 5.74) is 5.52. The Bertz CT molecular complexity index is 497. The Labute approximate surface area is 137 Å². The average Bonchev–Trinajstić information content (AvgIpc) is 3.20. The van der Waals surface area contributed by atoms with Crippen molar-refractivity contribution in [1.29, 1.82) is 0 Å². The van der Waals surface area contributed by atoms with Gasteiger partial charge in [-0.05, 0) is 31.4 Å². The van der Waals surface area contributed by atoms with Crippen molar-refractivity contribution >= 4 is 5.91 Å². The molecule has 1 aliphatic carbocycles. The topological polar surface area (TPSA) is 80.7 Å². The lowest BCUT2D eigenvalue weighted by atomic mass is 9.98. The predicted octanol–water partition coefficient (Wildman–Crippen LogP) is 1.26. The van der Waals surface area contributed by atoms with E-state index in [0.717, 1.165) is 64.1 Å². The van der Waals surface area contributed by atoms with Crippen LogP contribution >= 0.6 is 0 Å². The second kappa shape index (κ2) is 7.47. The molecule has 0 spiro atoms. The third-order valence-electron chi connectivity index (χ3n) is 4.88. The van der Waals surface area contributed by atoms with Crippen LogP contribution < -0.4 is 11.1 Å². The van der Waals surface area contributed by atoms with Gasteiger partial charge in [-0.15, -0.1) is 0 Å². The summed E-state index contributed by atoms with van der Waals surface area (Å²) in [7, 11) is 0. The fourth-order valence-electron chi connectivity index (χ4n) is 3.48. The third kappa shape index (κ3) is 4.34. The van der Waals surface area contributed by atoms with E-state index in [-0.39, 0.29) is 12.0 Å². The molecule has 1 aliphatic heterocycles. The number of amides is 1. The molecule has 0 unspecified atom stereocenters. The molecule has 1 aromatic heterocycles. The first-order valence-corrected chi connectivity index (χ1v) is 8.59. The van der Waals surface area contributed by atoms with Gasteiger partial charge in [0.05, 0.1) is 31.1 Å². The van der Waals surface area contributed by atoms with Crippen LogP contribution in [0.5, 0.6) is 0 Å². The SMILES string of the molecule is NC1(C(=O)NCC[C@H]2CN(Cc3ccco3)CCO2)CCCC1. The highest BCUT2D eigenvalue weighted by Crippen LogP contribution is 2.27. The molecule has 0 aromatic carbocycles. The number of morpholine rings is 1. The van der Waals surface area contributed by atoms with Gasteiger partial charge in [-0.2, -0.15) is 0 Å². The molecule has 2 aliphatic rings. The molecule has 1 saturated carbocycles. The summed E-state index contributed by atoms with van der Waals surface area (Å²) in [5.74, 6) is 0.975. The summed E-state index contributed by atoms with van der Waals surface area (Å²) in [6.07, 6.45) is 6.38. The van der Waals surface area contributed by atoms with E-state index in [1.807, 2.05) is 12.1 Å². The van der Waals surface area contributed by atoms with E-state index in [9.17, 15) is 4.79 Å². The quantitative estimate of drug-likeness (QED) is 0.824. The molecule has 3 rings (SSSR count). The van der Waals surface area contributed by atoms with E-state index in [2.05, 4.69) is 10.2 Å². The maximum atomic E-state index is 12.2. The van der Waals surface area contributed by atoms with Gasteiger partial charge >= 0.3 is 0 Å². The first kappa shape index (κ1) is 16.5. The molecule has 6 heteroatoms. The lowest BCUT2D eigenvalue weighted by Gasteiger charge is -2.32. The van der Waals surface area contributed by atoms with Crippen LogP contribution in [0.25, 0.3) is 0 Å². The molecule has 0 radical (unpaired) electrons. The molecule has 1 atom stereocenters. The highest BCUT2D eigenvalue weighted by molar-refractivity contribution is 5.86. The van der Waals surface area contributed by atoms with Gasteiger partial charge in [0.1, 0.15) is 5.76 Å². The van der Waals surface area contributed by atoms with E-state index in [1.165, 1.54) is 0 Å². The van der Waals surface area contributed by atoms with Crippen LogP contribution in [0.15, 0.2) is 22.8 Å². The number of carbonyl (C=O) groups is 1. The minimum Gasteiger partial charge on any atom is -0.468 e. The van der Waals surface area contributed by atoms with Gasteiger partial charge in [0.2, 0.25) is 5.91 Å². The van der Waals surface area contributed by atoms with E-state index in [4.69, 9.17) is 14.9 Å². The van der Waals surface area contributed by atoms with Gasteiger partial charge in [0.25, 0.3) is 0 Å². The smallest absolute Gasteiger partial charge is 0.240 e. The van der Waals surface area contributed by atoms with Crippen molar-refractivity contribution in [2.24, 2.45) is 5.73 Å². The van der Waals surface area contributed by atoms with Crippen LogP contribution in [-0.4, -0.2) is 48.7 Å². The van der Waals surface area contributed by atoms with E-state index in [1.54, 1.807) is 6.26 Å². The Balaban J connectivity index is 1.39. The van der Waals surface area contributed by atoms with Gasteiger partial charge in [-0.1, -0.05) is 12.8 Å². The highest BCUT2D eigenvalue weighted by Gasteiger charge is 2.36. The number of hydrogen-bond donors (Lipinski definition) is 2. The Morgan fingerprint density at radius 1 is 1.43 bits per heavy atom. The summed E-state index contributed by atoms with van der Waals surface area (Å²) in [6.45, 7) is 3.93. The van der Waals surface area contributed by atoms with Crippen molar-refractivity contribution in [1.82, 2.24) is 10.2 Å². The second-order valence-corrected chi connectivity index (χ2v) is 6.72. The van der Waals surface area contributed by atoms with E-state index >= 15 is 0 Å². The molecule has 0 bridgehead atoms. The number of rotatable bonds is 6. The Morgan fingerprint density at radius 3 is 3.00 bits per heavy atom. The number of nitrogens with one attached hydrogen (secondary N) is 1. The van der Waals surface area contributed by atoms with Gasteiger partial charge in [-0.3, -0.25) is 9.69 Å². The molecular weight excluding hydrogens is 294 g/mol. The zero-order valence-corrected chi connectivity index (χ0v) is 13.6. The fraction of sp³-hybridized carbons (Fsp3) is 0.706. The van der Waals surface area contributed by atoms with Crippen molar-refractivity contribution in [3.63, 3.8) is 0 Å². The minimum absolute atomic E-state index is 0.00162. The number of nitrogens with zero attached hydrogens (tertiary/aromatic N) is 1. The second-order valence-electron chi connectivity index (χ2n) is 6.72. The van der Waals surface area contributed by atoms with E-state index in [0.29, 0.717) is 6.54 Å². The molecule has 2 heterocycles. The third-order valence-corrected chi connectivity index (χ3v) is 4.88. The van der Waals surface area contributed by atoms with Crippen LogP contribution in [0, 0.1) is 0 Å². The van der Waals surface area contributed by atoms with Crippen LogP contribution in [0.4, 0.5) is 0 Å². The normalized spacial score (nSPS) is 24.7. The largest absolute Gasteiger partial charge is 0.468 e. The molecule has 3 N–H and O–H groups in total. The monoisotopic (exact) mass is 321 g/mol. The van der Waals surface area contributed by atoms with Gasteiger partial charge in [-0.25, -0.2) is 0 Å². The first-order valence-electron chi connectivity index (χ1n) is 8.59. The number of ether oxygens (including phenoxy) is 1. The Kier molecular flexibility index (Phi) is 5.35. The van der Waals surface area contributed by atoms with Gasteiger partial charge in [0, 0.05) is 19.6 Å². The average molecular weight is 321 g/mol. The summed E-state index contributed by atoms with van der Waals surface area (Å²) < 4.78 is 11.2. The zero-order valence-electron chi connectivity index (χ0n) is 13.6. The molecule has 1 aromatic rings. The fourth-order valence-corrected chi connectivity index (χ4v) is 3.48. The maximum Gasteiger partial charge on any atom is 0.240 e. The highest BCUT2D eigenvalue weighted by atomic mass is 16.5. The number of nitrogens with two attached hydrogens (primary N) is 1. The van der Waals surface area contributed by atoms with Crippen molar-refractivity contribution in [2.75, 3.05) is 26.2 Å².